The molecule has 0 radical (unpaired) electrons. The zero-order valence-corrected chi connectivity index (χ0v) is 5.33. The molecule has 0 spiro atoms. The molecule has 5 nitrogen and oxygen atoms in total. The number of hydrogen-bond acceptors (Lipinski definition) is 4. The zero-order valence-electron chi connectivity index (χ0n) is 5.33. The first kappa shape index (κ1) is 7.30. The molecule has 0 aromatic carbocycles. The number of rotatable bonds is 2. The minimum absolute atomic E-state index is 0.166. The molecule has 0 saturated carbocycles. The Balaban J connectivity index is 2.59. The van der Waals surface area contributed by atoms with E-state index in [4.69, 9.17) is 10.2 Å². The van der Waals surface area contributed by atoms with Gasteiger partial charge >= 0.3 is 6.09 Å². The van der Waals surface area contributed by atoms with Gasteiger partial charge < -0.3 is 20.3 Å². The van der Waals surface area contributed by atoms with Crippen LogP contribution in [-0.2, 0) is 4.74 Å². The second-order valence-corrected chi connectivity index (χ2v) is 2.24. The molecule has 1 aliphatic rings. The Morgan fingerprint density at radius 1 is 1.60 bits per heavy atom. The minimum atomic E-state index is -1.10. The number of aliphatic hydroxyl groups is 2. The van der Waals surface area contributed by atoms with E-state index < -0.39 is 11.7 Å². The molecule has 3 N–H and O–H groups in total. The summed E-state index contributed by atoms with van der Waals surface area (Å²) in [7, 11) is 0. The van der Waals surface area contributed by atoms with Crippen LogP contribution in [0.2, 0.25) is 0 Å². The van der Waals surface area contributed by atoms with Crippen molar-refractivity contribution in [2.45, 2.75) is 5.60 Å². The molecule has 10 heavy (non-hydrogen) atoms. The number of carbonyl (C=O) groups is 1. The summed E-state index contributed by atoms with van der Waals surface area (Å²) in [5, 5.41) is 19.6. The first-order valence-corrected chi connectivity index (χ1v) is 2.91. The molecular weight excluding hydrogens is 138 g/mol. The minimum Gasteiger partial charge on any atom is -0.436 e. The van der Waals surface area contributed by atoms with Gasteiger partial charge in [0.05, 0.1) is 19.8 Å². The largest absolute Gasteiger partial charge is 0.436 e. The quantitative estimate of drug-likeness (QED) is 0.442. The molecule has 0 unspecified atom stereocenters. The number of alkyl carbamates (subject to hydrolysis) is 1. The Labute approximate surface area is 57.6 Å². The predicted octanol–water partition coefficient (Wildman–Crippen LogP) is -1.55. The van der Waals surface area contributed by atoms with Crippen molar-refractivity contribution in [2.24, 2.45) is 0 Å². The third-order valence-electron chi connectivity index (χ3n) is 1.44. The first-order chi connectivity index (χ1) is 4.72. The smallest absolute Gasteiger partial charge is 0.408 e. The van der Waals surface area contributed by atoms with E-state index in [1.165, 1.54) is 0 Å². The number of cyclic esters (lactones) is 1. The van der Waals surface area contributed by atoms with E-state index in [1.54, 1.807) is 0 Å². The maximum Gasteiger partial charge on any atom is 0.408 e. The average molecular weight is 147 g/mol. The Hall–Kier alpha value is -0.810. The van der Waals surface area contributed by atoms with Gasteiger partial charge in [0.25, 0.3) is 0 Å². The molecule has 0 aliphatic carbocycles. The van der Waals surface area contributed by atoms with Crippen LogP contribution in [0.5, 0.6) is 0 Å². The Morgan fingerprint density at radius 2 is 2.20 bits per heavy atom. The standard InChI is InChI=1S/C5H9NO4/c7-2-5(3-8)1-6-4(9)10-5/h7-8H,1-3H2,(H,6,9). The van der Waals surface area contributed by atoms with Crippen LogP contribution in [0.4, 0.5) is 4.79 Å². The molecular formula is C5H9NO4. The normalized spacial score (nSPS) is 22.0. The highest BCUT2D eigenvalue weighted by Crippen LogP contribution is 2.13. The van der Waals surface area contributed by atoms with Crippen LogP contribution in [0, 0.1) is 0 Å². The van der Waals surface area contributed by atoms with E-state index in [0.29, 0.717) is 0 Å². The fourth-order valence-electron chi connectivity index (χ4n) is 0.728. The summed E-state index contributed by atoms with van der Waals surface area (Å²) in [5.74, 6) is 0. The van der Waals surface area contributed by atoms with Gasteiger partial charge in [-0.2, -0.15) is 0 Å². The summed E-state index contributed by atoms with van der Waals surface area (Å²) in [5.41, 5.74) is -1.10. The summed E-state index contributed by atoms with van der Waals surface area (Å²) >= 11 is 0. The second kappa shape index (κ2) is 2.43. The van der Waals surface area contributed by atoms with Crippen LogP contribution in [-0.4, -0.2) is 41.7 Å². The summed E-state index contributed by atoms with van der Waals surface area (Å²) in [6.07, 6.45) is -0.594. The van der Waals surface area contributed by atoms with Gasteiger partial charge in [0, 0.05) is 0 Å². The molecule has 1 saturated heterocycles. The van der Waals surface area contributed by atoms with E-state index in [1.807, 2.05) is 0 Å². The van der Waals surface area contributed by atoms with E-state index >= 15 is 0 Å². The molecule has 0 atom stereocenters. The first-order valence-electron chi connectivity index (χ1n) is 2.91. The van der Waals surface area contributed by atoms with Crippen molar-refractivity contribution in [3.05, 3.63) is 0 Å². The van der Waals surface area contributed by atoms with Crippen LogP contribution >= 0.6 is 0 Å². The lowest BCUT2D eigenvalue weighted by Crippen LogP contribution is -2.41. The molecule has 1 aliphatic heterocycles. The van der Waals surface area contributed by atoms with Crippen LogP contribution < -0.4 is 5.32 Å². The topological polar surface area (TPSA) is 78.8 Å². The van der Waals surface area contributed by atoms with Crippen molar-refractivity contribution in [2.75, 3.05) is 19.8 Å². The van der Waals surface area contributed by atoms with Crippen molar-refractivity contribution < 1.29 is 19.7 Å². The van der Waals surface area contributed by atoms with Crippen molar-refractivity contribution in [3.63, 3.8) is 0 Å². The number of nitrogens with one attached hydrogen (secondary N) is 1. The lowest BCUT2D eigenvalue weighted by molar-refractivity contribution is -0.0315. The van der Waals surface area contributed by atoms with Gasteiger partial charge in [-0.05, 0) is 0 Å². The molecule has 1 rings (SSSR count). The van der Waals surface area contributed by atoms with Gasteiger partial charge in [-0.1, -0.05) is 0 Å². The third-order valence-corrected chi connectivity index (χ3v) is 1.44. The highest BCUT2D eigenvalue weighted by molar-refractivity contribution is 5.70. The fourth-order valence-corrected chi connectivity index (χ4v) is 0.728. The zero-order chi connectivity index (χ0) is 7.61. The van der Waals surface area contributed by atoms with Crippen LogP contribution in [0.25, 0.3) is 0 Å². The van der Waals surface area contributed by atoms with Gasteiger partial charge in [-0.3, -0.25) is 0 Å². The number of hydrogen-bond donors (Lipinski definition) is 3. The Bertz CT molecular complexity index is 143. The summed E-state index contributed by atoms with van der Waals surface area (Å²) in [4.78, 5) is 10.4. The van der Waals surface area contributed by atoms with Gasteiger partial charge in [-0.25, -0.2) is 4.79 Å². The molecule has 1 fully saturated rings. The van der Waals surface area contributed by atoms with Gasteiger partial charge in [-0.15, -0.1) is 0 Å². The highest BCUT2D eigenvalue weighted by atomic mass is 16.6. The Kier molecular flexibility index (Phi) is 1.78. The van der Waals surface area contributed by atoms with Crippen molar-refractivity contribution >= 4 is 6.09 Å². The summed E-state index contributed by atoms with van der Waals surface area (Å²) in [6.45, 7) is -0.552. The van der Waals surface area contributed by atoms with E-state index in [2.05, 4.69) is 10.1 Å². The van der Waals surface area contributed by atoms with Crippen LogP contribution in [0.15, 0.2) is 0 Å². The van der Waals surface area contributed by atoms with Crippen LogP contribution in [0.3, 0.4) is 0 Å². The number of ether oxygens (including phenoxy) is 1. The summed E-state index contributed by atoms with van der Waals surface area (Å²) < 4.78 is 4.60. The van der Waals surface area contributed by atoms with Crippen LogP contribution in [0.1, 0.15) is 0 Å². The van der Waals surface area contributed by atoms with E-state index in [0.717, 1.165) is 0 Å². The SMILES string of the molecule is O=C1NCC(CO)(CO)O1. The van der Waals surface area contributed by atoms with Crippen molar-refractivity contribution in [1.82, 2.24) is 5.32 Å². The highest BCUT2D eigenvalue weighted by Gasteiger charge is 2.39. The van der Waals surface area contributed by atoms with Gasteiger partial charge in [0.1, 0.15) is 0 Å². The number of amides is 1. The second-order valence-electron chi connectivity index (χ2n) is 2.24. The molecule has 1 amide bonds. The predicted molar refractivity (Wildman–Crippen MR) is 31.4 cm³/mol. The lowest BCUT2D eigenvalue weighted by Gasteiger charge is -2.19. The van der Waals surface area contributed by atoms with E-state index in [9.17, 15) is 4.79 Å². The molecule has 1 heterocycles. The lowest BCUT2D eigenvalue weighted by atomic mass is 10.1. The fraction of sp³-hybridized carbons (Fsp3) is 0.800. The molecule has 58 valence electrons. The molecule has 0 aromatic heterocycles. The van der Waals surface area contributed by atoms with Crippen molar-refractivity contribution in [1.29, 1.82) is 0 Å². The molecule has 0 aromatic rings. The summed E-state index contributed by atoms with van der Waals surface area (Å²) in [6, 6.07) is 0. The Morgan fingerprint density at radius 3 is 2.40 bits per heavy atom. The maximum atomic E-state index is 10.4. The monoisotopic (exact) mass is 147 g/mol. The maximum absolute atomic E-state index is 10.4. The van der Waals surface area contributed by atoms with Crippen molar-refractivity contribution in [3.8, 4) is 0 Å². The number of carbonyl (C=O) groups excluding carboxylic acids is 1. The number of aliphatic hydroxyl groups excluding tert-OH is 2. The van der Waals surface area contributed by atoms with Gasteiger partial charge in [0.15, 0.2) is 5.60 Å². The molecule has 0 bridgehead atoms. The van der Waals surface area contributed by atoms with Gasteiger partial charge in [0.2, 0.25) is 0 Å². The average Bonchev–Trinajstić information content (AvgIpc) is 2.33. The molecule has 5 heteroatoms. The third kappa shape index (κ3) is 1.05. The van der Waals surface area contributed by atoms with E-state index in [-0.39, 0.29) is 19.8 Å².